The number of carbonyl (C=O) groups excluding carboxylic acids is 2. The quantitative estimate of drug-likeness (QED) is 0.724. The van der Waals surface area contributed by atoms with Crippen LogP contribution in [-0.2, 0) is 9.59 Å². The van der Waals surface area contributed by atoms with Crippen molar-refractivity contribution in [2.75, 3.05) is 32.7 Å². The van der Waals surface area contributed by atoms with Gasteiger partial charge in [0.2, 0.25) is 5.91 Å². The monoisotopic (exact) mass is 240 g/mol. The van der Waals surface area contributed by atoms with Crippen LogP contribution in [0.1, 0.15) is 33.6 Å². The van der Waals surface area contributed by atoms with Crippen LogP contribution in [0, 0.1) is 5.92 Å². The summed E-state index contributed by atoms with van der Waals surface area (Å²) in [5.74, 6) is 0.521. The van der Waals surface area contributed by atoms with Crippen molar-refractivity contribution in [3.8, 4) is 0 Å². The number of likely N-dealkylation sites (tertiary alicyclic amines) is 1. The van der Waals surface area contributed by atoms with E-state index in [9.17, 15) is 9.59 Å². The predicted molar refractivity (Wildman–Crippen MR) is 67.8 cm³/mol. The summed E-state index contributed by atoms with van der Waals surface area (Å²) in [4.78, 5) is 27.3. The molecule has 1 aliphatic rings. The first-order valence-electron chi connectivity index (χ1n) is 6.59. The zero-order valence-corrected chi connectivity index (χ0v) is 11.2. The zero-order chi connectivity index (χ0) is 12.8. The number of piperidine rings is 1. The predicted octanol–water partition coefficient (Wildman–Crippen LogP) is 1.16. The summed E-state index contributed by atoms with van der Waals surface area (Å²) >= 11 is 0. The molecule has 1 unspecified atom stereocenters. The molecule has 0 bridgehead atoms. The Kier molecular flexibility index (Phi) is 5.62. The van der Waals surface area contributed by atoms with Crippen LogP contribution in [0.15, 0.2) is 0 Å². The zero-order valence-electron chi connectivity index (χ0n) is 11.2. The van der Waals surface area contributed by atoms with E-state index >= 15 is 0 Å². The number of rotatable bonds is 5. The van der Waals surface area contributed by atoms with Crippen LogP contribution >= 0.6 is 0 Å². The van der Waals surface area contributed by atoms with E-state index in [1.165, 1.54) is 0 Å². The van der Waals surface area contributed by atoms with Gasteiger partial charge in [-0.1, -0.05) is 0 Å². The number of hydrogen-bond acceptors (Lipinski definition) is 3. The van der Waals surface area contributed by atoms with Crippen molar-refractivity contribution in [1.82, 2.24) is 9.80 Å². The smallest absolute Gasteiger partial charge is 0.226 e. The van der Waals surface area contributed by atoms with Gasteiger partial charge in [-0.3, -0.25) is 14.5 Å². The first kappa shape index (κ1) is 14.2. The van der Waals surface area contributed by atoms with E-state index in [1.54, 1.807) is 6.92 Å². The molecule has 0 aromatic carbocycles. The van der Waals surface area contributed by atoms with Crippen molar-refractivity contribution in [3.05, 3.63) is 0 Å². The second-order valence-electron chi connectivity index (χ2n) is 4.79. The first-order valence-corrected chi connectivity index (χ1v) is 6.59. The SMILES string of the molecule is CCN(CC)C(=O)C1CCCN(CC(C)=O)C1. The Balaban J connectivity index is 2.53. The van der Waals surface area contributed by atoms with Crippen molar-refractivity contribution < 1.29 is 9.59 Å². The second kappa shape index (κ2) is 6.74. The average molecular weight is 240 g/mol. The highest BCUT2D eigenvalue weighted by Crippen LogP contribution is 2.18. The van der Waals surface area contributed by atoms with Crippen molar-refractivity contribution in [1.29, 1.82) is 0 Å². The molecule has 0 saturated carbocycles. The Morgan fingerprint density at radius 2 is 1.94 bits per heavy atom. The Morgan fingerprint density at radius 1 is 1.29 bits per heavy atom. The molecule has 1 heterocycles. The van der Waals surface area contributed by atoms with Gasteiger partial charge in [0.15, 0.2) is 0 Å². The van der Waals surface area contributed by atoms with E-state index in [0.717, 1.165) is 39.0 Å². The molecule has 0 spiro atoms. The summed E-state index contributed by atoms with van der Waals surface area (Å²) in [6.45, 7) is 9.36. The molecule has 1 rings (SSSR count). The maximum Gasteiger partial charge on any atom is 0.226 e. The molecule has 1 saturated heterocycles. The van der Waals surface area contributed by atoms with Crippen LogP contribution in [0.4, 0.5) is 0 Å². The highest BCUT2D eigenvalue weighted by molar-refractivity contribution is 5.80. The number of amides is 1. The van der Waals surface area contributed by atoms with Crippen LogP contribution in [0.25, 0.3) is 0 Å². The summed E-state index contributed by atoms with van der Waals surface area (Å²) < 4.78 is 0. The van der Waals surface area contributed by atoms with Crippen molar-refractivity contribution in [2.24, 2.45) is 5.92 Å². The van der Waals surface area contributed by atoms with Gasteiger partial charge in [-0.05, 0) is 40.2 Å². The normalized spacial score (nSPS) is 21.2. The second-order valence-corrected chi connectivity index (χ2v) is 4.79. The summed E-state index contributed by atoms with van der Waals surface area (Å²) in [7, 11) is 0. The number of carbonyl (C=O) groups is 2. The molecule has 0 radical (unpaired) electrons. The Labute approximate surface area is 104 Å². The summed E-state index contributed by atoms with van der Waals surface area (Å²) in [5, 5.41) is 0. The molecule has 4 heteroatoms. The van der Waals surface area contributed by atoms with E-state index in [-0.39, 0.29) is 17.6 Å². The molecule has 17 heavy (non-hydrogen) atoms. The lowest BCUT2D eigenvalue weighted by Gasteiger charge is -2.33. The lowest BCUT2D eigenvalue weighted by atomic mass is 9.96. The molecule has 98 valence electrons. The maximum absolute atomic E-state index is 12.2. The molecule has 1 aliphatic heterocycles. The van der Waals surface area contributed by atoms with E-state index in [1.807, 2.05) is 18.7 Å². The molecule has 0 aliphatic carbocycles. The van der Waals surface area contributed by atoms with Crippen LogP contribution < -0.4 is 0 Å². The van der Waals surface area contributed by atoms with Gasteiger partial charge in [0.05, 0.1) is 12.5 Å². The third kappa shape index (κ3) is 4.11. The van der Waals surface area contributed by atoms with Gasteiger partial charge in [0, 0.05) is 19.6 Å². The topological polar surface area (TPSA) is 40.6 Å². The van der Waals surface area contributed by atoms with E-state index in [4.69, 9.17) is 0 Å². The highest BCUT2D eigenvalue weighted by Gasteiger charge is 2.28. The lowest BCUT2D eigenvalue weighted by molar-refractivity contribution is -0.137. The summed E-state index contributed by atoms with van der Waals surface area (Å²) in [6, 6.07) is 0. The summed E-state index contributed by atoms with van der Waals surface area (Å²) in [6.07, 6.45) is 1.98. The third-order valence-corrected chi connectivity index (χ3v) is 3.38. The minimum absolute atomic E-state index is 0.0861. The number of Topliss-reactive ketones (excluding diaryl/α,β-unsaturated/α-hetero) is 1. The minimum Gasteiger partial charge on any atom is -0.343 e. The Morgan fingerprint density at radius 3 is 2.47 bits per heavy atom. The van der Waals surface area contributed by atoms with E-state index in [2.05, 4.69) is 4.90 Å². The molecular formula is C13H24N2O2. The van der Waals surface area contributed by atoms with Gasteiger partial charge in [0.1, 0.15) is 5.78 Å². The van der Waals surface area contributed by atoms with Gasteiger partial charge in [-0.15, -0.1) is 0 Å². The van der Waals surface area contributed by atoms with E-state index < -0.39 is 0 Å². The van der Waals surface area contributed by atoms with E-state index in [0.29, 0.717) is 6.54 Å². The van der Waals surface area contributed by atoms with Gasteiger partial charge >= 0.3 is 0 Å². The number of ketones is 1. The van der Waals surface area contributed by atoms with Crippen molar-refractivity contribution in [3.63, 3.8) is 0 Å². The molecule has 1 atom stereocenters. The molecule has 1 amide bonds. The summed E-state index contributed by atoms with van der Waals surface area (Å²) in [5.41, 5.74) is 0. The molecule has 4 nitrogen and oxygen atoms in total. The Bertz CT molecular complexity index is 275. The fraction of sp³-hybridized carbons (Fsp3) is 0.846. The van der Waals surface area contributed by atoms with Gasteiger partial charge in [-0.25, -0.2) is 0 Å². The molecule has 1 fully saturated rings. The largest absolute Gasteiger partial charge is 0.343 e. The third-order valence-electron chi connectivity index (χ3n) is 3.38. The molecular weight excluding hydrogens is 216 g/mol. The highest BCUT2D eigenvalue weighted by atomic mass is 16.2. The van der Waals surface area contributed by atoms with Crippen LogP contribution in [0.2, 0.25) is 0 Å². The van der Waals surface area contributed by atoms with Crippen LogP contribution in [0.5, 0.6) is 0 Å². The number of nitrogens with zero attached hydrogens (tertiary/aromatic N) is 2. The van der Waals surface area contributed by atoms with Gasteiger partial charge in [-0.2, -0.15) is 0 Å². The molecule has 0 aromatic heterocycles. The van der Waals surface area contributed by atoms with Crippen molar-refractivity contribution in [2.45, 2.75) is 33.6 Å². The van der Waals surface area contributed by atoms with Crippen LogP contribution in [0.3, 0.4) is 0 Å². The maximum atomic E-state index is 12.2. The standard InChI is InChI=1S/C13H24N2O2/c1-4-15(5-2)13(17)12-7-6-8-14(10-12)9-11(3)16/h12H,4-10H2,1-3H3. The number of hydrogen-bond donors (Lipinski definition) is 0. The minimum atomic E-state index is 0.0861. The van der Waals surface area contributed by atoms with Crippen LogP contribution in [-0.4, -0.2) is 54.2 Å². The average Bonchev–Trinajstić information content (AvgIpc) is 2.30. The molecule has 0 aromatic rings. The molecule has 0 N–H and O–H groups in total. The van der Waals surface area contributed by atoms with Gasteiger partial charge in [0.25, 0.3) is 0 Å². The Hall–Kier alpha value is -0.900. The lowest BCUT2D eigenvalue weighted by Crippen LogP contribution is -2.45. The van der Waals surface area contributed by atoms with Gasteiger partial charge < -0.3 is 4.90 Å². The van der Waals surface area contributed by atoms with Crippen molar-refractivity contribution >= 4 is 11.7 Å². The fourth-order valence-corrected chi connectivity index (χ4v) is 2.51. The first-order chi connectivity index (χ1) is 8.08. The fourth-order valence-electron chi connectivity index (χ4n) is 2.51.